The number of amides is 1. The molecule has 2 fully saturated rings. The number of aliphatic carboxylic acids is 1. The van der Waals surface area contributed by atoms with E-state index < -0.39 is 17.5 Å². The van der Waals surface area contributed by atoms with Gasteiger partial charge in [-0.05, 0) is 46.5 Å². The van der Waals surface area contributed by atoms with Crippen molar-refractivity contribution in [1.29, 1.82) is 0 Å². The fourth-order valence-corrected chi connectivity index (χ4v) is 3.24. The Labute approximate surface area is 113 Å². The molecule has 108 valence electrons. The lowest BCUT2D eigenvalue weighted by Gasteiger charge is -2.32. The molecule has 2 aliphatic heterocycles. The van der Waals surface area contributed by atoms with Crippen LogP contribution in [0.5, 0.6) is 0 Å². The quantitative estimate of drug-likeness (QED) is 0.794. The minimum atomic E-state index is -0.791. The van der Waals surface area contributed by atoms with E-state index in [9.17, 15) is 14.7 Å². The lowest BCUT2D eigenvalue weighted by atomic mass is 9.91. The maximum absolute atomic E-state index is 12.3. The molecule has 0 aliphatic carbocycles. The highest BCUT2D eigenvalue weighted by Crippen LogP contribution is 2.38. The second-order valence-corrected chi connectivity index (χ2v) is 6.56. The van der Waals surface area contributed by atoms with Crippen molar-refractivity contribution in [3.05, 3.63) is 0 Å². The predicted octanol–water partition coefficient (Wildman–Crippen LogP) is 2.64. The van der Waals surface area contributed by atoms with Crippen molar-refractivity contribution in [3.8, 4) is 0 Å². The van der Waals surface area contributed by atoms with Crippen LogP contribution in [-0.4, -0.2) is 39.8 Å². The number of carboxylic acid groups (broad SMARTS) is 1. The van der Waals surface area contributed by atoms with Gasteiger partial charge in [0.2, 0.25) is 0 Å². The van der Waals surface area contributed by atoms with E-state index in [0.717, 1.165) is 25.7 Å². The molecule has 5 heteroatoms. The molecule has 2 bridgehead atoms. The van der Waals surface area contributed by atoms with E-state index >= 15 is 0 Å². The second-order valence-electron chi connectivity index (χ2n) is 6.56. The molecular weight excluding hydrogens is 246 g/mol. The average Bonchev–Trinajstić information content (AvgIpc) is 2.51. The average molecular weight is 269 g/mol. The van der Waals surface area contributed by atoms with E-state index in [1.165, 1.54) is 0 Å². The zero-order chi connectivity index (χ0) is 14.2. The predicted molar refractivity (Wildman–Crippen MR) is 69.9 cm³/mol. The first kappa shape index (κ1) is 14.2. The Bertz CT molecular complexity index is 374. The largest absolute Gasteiger partial charge is 0.481 e. The van der Waals surface area contributed by atoms with Crippen LogP contribution in [-0.2, 0) is 9.53 Å². The Balaban J connectivity index is 2.18. The molecule has 2 aliphatic rings. The fraction of sp³-hybridized carbons (Fsp3) is 0.857. The van der Waals surface area contributed by atoms with Crippen LogP contribution in [0.15, 0.2) is 0 Å². The normalized spacial score (nSPS) is 30.9. The summed E-state index contributed by atoms with van der Waals surface area (Å²) >= 11 is 0. The number of rotatable bonds is 1. The molecule has 0 saturated carbocycles. The molecule has 1 amide bonds. The third-order valence-corrected chi connectivity index (χ3v) is 3.98. The Kier molecular flexibility index (Phi) is 3.74. The fourth-order valence-electron chi connectivity index (χ4n) is 3.24. The van der Waals surface area contributed by atoms with Crippen molar-refractivity contribution in [1.82, 2.24) is 4.90 Å². The maximum Gasteiger partial charge on any atom is 0.410 e. The second kappa shape index (κ2) is 5.02. The Morgan fingerprint density at radius 2 is 1.84 bits per heavy atom. The van der Waals surface area contributed by atoms with Crippen molar-refractivity contribution in [3.63, 3.8) is 0 Å². The highest BCUT2D eigenvalue weighted by Gasteiger charge is 2.46. The summed E-state index contributed by atoms with van der Waals surface area (Å²) in [4.78, 5) is 25.4. The van der Waals surface area contributed by atoms with E-state index in [1.807, 2.05) is 20.8 Å². The maximum atomic E-state index is 12.3. The van der Waals surface area contributed by atoms with Crippen LogP contribution in [0.3, 0.4) is 0 Å². The molecule has 0 aromatic rings. The smallest absolute Gasteiger partial charge is 0.410 e. The van der Waals surface area contributed by atoms with Crippen molar-refractivity contribution in [2.45, 2.75) is 70.6 Å². The summed E-state index contributed by atoms with van der Waals surface area (Å²) < 4.78 is 5.44. The first-order valence-electron chi connectivity index (χ1n) is 7.04. The van der Waals surface area contributed by atoms with Crippen LogP contribution in [0.4, 0.5) is 4.79 Å². The van der Waals surface area contributed by atoms with Gasteiger partial charge < -0.3 is 14.7 Å². The van der Waals surface area contributed by atoms with E-state index in [0.29, 0.717) is 6.42 Å². The summed E-state index contributed by atoms with van der Waals surface area (Å²) in [5, 5.41) is 9.34. The molecule has 2 rings (SSSR count). The molecule has 0 spiro atoms. The highest BCUT2D eigenvalue weighted by molar-refractivity contribution is 5.74. The van der Waals surface area contributed by atoms with Crippen LogP contribution >= 0.6 is 0 Å². The van der Waals surface area contributed by atoms with Crippen LogP contribution < -0.4 is 0 Å². The summed E-state index contributed by atoms with van der Waals surface area (Å²) in [6.45, 7) is 5.50. The number of hydrogen-bond acceptors (Lipinski definition) is 3. The van der Waals surface area contributed by atoms with Crippen LogP contribution in [0.25, 0.3) is 0 Å². The number of fused-ring (bicyclic) bond motifs is 2. The summed E-state index contributed by atoms with van der Waals surface area (Å²) in [5.74, 6) is -1.24. The molecule has 19 heavy (non-hydrogen) atoms. The van der Waals surface area contributed by atoms with Gasteiger partial charge in [-0.1, -0.05) is 6.42 Å². The molecule has 0 aromatic carbocycles. The van der Waals surface area contributed by atoms with E-state index in [1.54, 1.807) is 4.90 Å². The van der Waals surface area contributed by atoms with Crippen LogP contribution in [0.2, 0.25) is 0 Å². The molecule has 5 nitrogen and oxygen atoms in total. The number of hydrogen-bond donors (Lipinski definition) is 1. The highest BCUT2D eigenvalue weighted by atomic mass is 16.6. The SMILES string of the molecule is CC(C)(C)OC(=O)N1[C@@H]2CCC[C@@H](C(=O)O)[C@H]1CC2. The van der Waals surface area contributed by atoms with Gasteiger partial charge in [0.05, 0.1) is 5.92 Å². The van der Waals surface area contributed by atoms with Gasteiger partial charge in [0.15, 0.2) is 0 Å². The molecule has 2 saturated heterocycles. The third-order valence-electron chi connectivity index (χ3n) is 3.98. The van der Waals surface area contributed by atoms with Crippen LogP contribution in [0.1, 0.15) is 52.9 Å². The molecule has 1 N–H and O–H groups in total. The van der Waals surface area contributed by atoms with Crippen molar-refractivity contribution in [2.24, 2.45) is 5.92 Å². The number of carbonyl (C=O) groups excluding carboxylic acids is 1. The van der Waals surface area contributed by atoms with Crippen molar-refractivity contribution < 1.29 is 19.4 Å². The molecule has 2 heterocycles. The van der Waals surface area contributed by atoms with Gasteiger partial charge >= 0.3 is 12.1 Å². The zero-order valence-electron chi connectivity index (χ0n) is 11.9. The van der Waals surface area contributed by atoms with Crippen molar-refractivity contribution in [2.75, 3.05) is 0 Å². The topological polar surface area (TPSA) is 66.8 Å². The Morgan fingerprint density at radius 1 is 1.16 bits per heavy atom. The standard InChI is InChI=1S/C14H23NO4/c1-14(2,3)19-13(18)15-9-5-4-6-10(12(16)17)11(15)8-7-9/h9-11H,4-8H2,1-3H3,(H,16,17)/t9-,10-,11-/m1/s1. The Hall–Kier alpha value is -1.26. The number of nitrogens with zero attached hydrogens (tertiary/aromatic N) is 1. The van der Waals surface area contributed by atoms with Gasteiger partial charge in [-0.2, -0.15) is 0 Å². The van der Waals surface area contributed by atoms with Gasteiger partial charge in [0.25, 0.3) is 0 Å². The molecular formula is C14H23NO4. The summed E-state index contributed by atoms with van der Waals surface area (Å²) in [5.41, 5.74) is -0.540. The monoisotopic (exact) mass is 269 g/mol. The molecule has 3 atom stereocenters. The number of carbonyl (C=O) groups is 2. The van der Waals surface area contributed by atoms with E-state index in [-0.39, 0.29) is 18.2 Å². The summed E-state index contributed by atoms with van der Waals surface area (Å²) in [6, 6.07) is -0.0379. The van der Waals surface area contributed by atoms with Crippen molar-refractivity contribution >= 4 is 12.1 Å². The first-order chi connectivity index (χ1) is 8.79. The molecule has 0 aromatic heterocycles. The first-order valence-corrected chi connectivity index (χ1v) is 7.04. The zero-order valence-corrected chi connectivity index (χ0v) is 11.9. The summed E-state index contributed by atoms with van der Waals surface area (Å²) in [7, 11) is 0. The van der Waals surface area contributed by atoms with E-state index in [4.69, 9.17) is 4.74 Å². The van der Waals surface area contributed by atoms with Crippen LogP contribution in [0, 0.1) is 5.92 Å². The van der Waals surface area contributed by atoms with Gasteiger partial charge in [-0.15, -0.1) is 0 Å². The van der Waals surface area contributed by atoms with Gasteiger partial charge in [-0.25, -0.2) is 4.79 Å². The van der Waals surface area contributed by atoms with Gasteiger partial charge in [0.1, 0.15) is 5.60 Å². The molecule has 0 unspecified atom stereocenters. The van der Waals surface area contributed by atoms with E-state index in [2.05, 4.69) is 0 Å². The minimum absolute atomic E-state index is 0.157. The van der Waals surface area contributed by atoms with Gasteiger partial charge in [-0.3, -0.25) is 4.79 Å². The lowest BCUT2D eigenvalue weighted by molar-refractivity contribution is -0.143. The minimum Gasteiger partial charge on any atom is -0.481 e. The molecule has 0 radical (unpaired) electrons. The lowest BCUT2D eigenvalue weighted by Crippen LogP contribution is -2.47. The Morgan fingerprint density at radius 3 is 2.42 bits per heavy atom. The number of carboxylic acids is 1. The van der Waals surface area contributed by atoms with Gasteiger partial charge in [0, 0.05) is 12.1 Å². The third kappa shape index (κ3) is 3.01. The summed E-state index contributed by atoms with van der Waals surface area (Å²) in [6.07, 6.45) is 3.74. The number of ether oxygens (including phenoxy) is 1.